The van der Waals surface area contributed by atoms with Crippen LogP contribution in [0.2, 0.25) is 0 Å². The highest BCUT2D eigenvalue weighted by molar-refractivity contribution is 5.78. The average molecular weight is 245 g/mol. The molecule has 0 aliphatic heterocycles. The molecule has 0 aromatic rings. The molecule has 0 saturated carbocycles. The van der Waals surface area contributed by atoms with Crippen LogP contribution in [0.25, 0.3) is 0 Å². The average Bonchev–Trinajstić information content (AvgIpc) is 2.23. The van der Waals surface area contributed by atoms with E-state index in [2.05, 4.69) is 13.8 Å². The highest BCUT2D eigenvalue weighted by Crippen LogP contribution is 2.34. The topological polar surface area (TPSA) is 20.3 Å². The van der Waals surface area contributed by atoms with Gasteiger partial charge in [-0.25, -0.2) is 0 Å². The van der Waals surface area contributed by atoms with Crippen LogP contribution >= 0.6 is 0 Å². The lowest BCUT2D eigenvalue weighted by Crippen LogP contribution is -2.39. The van der Waals surface area contributed by atoms with E-state index in [4.69, 9.17) is 0 Å². The lowest BCUT2D eigenvalue weighted by molar-refractivity contribution is -0.158. The quantitative estimate of drug-likeness (QED) is 0.642. The van der Waals surface area contributed by atoms with Gasteiger partial charge >= 0.3 is 0 Å². The molecule has 0 saturated heterocycles. The molecule has 0 bridgehead atoms. The summed E-state index contributed by atoms with van der Waals surface area (Å²) in [7, 11) is 0. The van der Waals surface area contributed by atoms with Crippen LogP contribution in [0.4, 0.5) is 4.48 Å². The Morgan fingerprint density at radius 3 is 2.00 bits per heavy atom. The van der Waals surface area contributed by atoms with Gasteiger partial charge in [0.15, 0.2) is 0 Å². The van der Waals surface area contributed by atoms with Crippen molar-refractivity contribution in [3.8, 4) is 0 Å². The van der Waals surface area contributed by atoms with Crippen LogP contribution in [-0.4, -0.2) is 17.1 Å². The summed E-state index contributed by atoms with van der Waals surface area (Å²) in [5.41, 5.74) is -0.152. The lowest BCUT2D eigenvalue weighted by Gasteiger charge is -2.33. The first-order chi connectivity index (χ1) is 7.59. The van der Waals surface area contributed by atoms with E-state index in [1.165, 1.54) is 0 Å². The van der Waals surface area contributed by atoms with Gasteiger partial charge in [-0.1, -0.05) is 45.5 Å². The van der Waals surface area contributed by atoms with Gasteiger partial charge < -0.3 is 0 Å². The predicted molar refractivity (Wildman–Crippen MR) is 70.1 cm³/mol. The Hall–Kier alpha value is -0.600. The first kappa shape index (κ1) is 16.4. The second-order valence-electron chi connectivity index (χ2n) is 6.39. The third kappa shape index (κ3) is 5.05. The van der Waals surface area contributed by atoms with E-state index in [-0.39, 0.29) is 17.4 Å². The van der Waals surface area contributed by atoms with Crippen molar-refractivity contribution in [1.82, 2.24) is 5.12 Å². The van der Waals surface area contributed by atoms with E-state index in [1.807, 2.05) is 20.8 Å². The Labute approximate surface area is 106 Å². The summed E-state index contributed by atoms with van der Waals surface area (Å²) < 4.78 is 13.6. The van der Waals surface area contributed by atoms with E-state index in [0.29, 0.717) is 11.0 Å². The van der Waals surface area contributed by atoms with Crippen LogP contribution in [0.5, 0.6) is 0 Å². The van der Waals surface area contributed by atoms with E-state index >= 15 is 0 Å². The van der Waals surface area contributed by atoms with Crippen molar-refractivity contribution < 1.29 is 9.28 Å². The fourth-order valence-corrected chi connectivity index (χ4v) is 1.65. The largest absolute Gasteiger partial charge is 0.272 e. The number of hydrogen-bond acceptors (Lipinski definition) is 1. The molecule has 0 radical (unpaired) electrons. The Morgan fingerprint density at radius 2 is 1.65 bits per heavy atom. The molecular weight excluding hydrogens is 217 g/mol. The molecule has 1 atom stereocenters. The molecule has 3 heteroatoms. The molecule has 1 amide bonds. The third-order valence-corrected chi connectivity index (χ3v) is 3.57. The van der Waals surface area contributed by atoms with Crippen molar-refractivity contribution in [2.45, 2.75) is 67.3 Å². The Balaban J connectivity index is 4.55. The number of nitrogens with zero attached hydrogens (tertiary/aromatic N) is 1. The molecule has 0 fully saturated rings. The summed E-state index contributed by atoms with van der Waals surface area (Å²) >= 11 is 0. The molecule has 0 aliphatic carbocycles. The summed E-state index contributed by atoms with van der Waals surface area (Å²) in [6.07, 6.45) is 2.02. The number of halogens is 1. The molecular formula is C14H28FNO. The van der Waals surface area contributed by atoms with Crippen molar-refractivity contribution in [1.29, 1.82) is 0 Å². The van der Waals surface area contributed by atoms with Gasteiger partial charge in [0.1, 0.15) is 0 Å². The Morgan fingerprint density at radius 1 is 1.18 bits per heavy atom. The number of amides is 1. The maximum Gasteiger partial charge on any atom is 0.253 e. The number of hydrogen-bond donors (Lipinski definition) is 0. The van der Waals surface area contributed by atoms with Gasteiger partial charge in [0.05, 0.1) is 6.04 Å². The second-order valence-corrected chi connectivity index (χ2v) is 6.39. The Bertz CT molecular complexity index is 249. The van der Waals surface area contributed by atoms with Crippen molar-refractivity contribution in [3.05, 3.63) is 0 Å². The summed E-state index contributed by atoms with van der Waals surface area (Å²) in [6, 6.07) is -0.383. The number of rotatable bonds is 6. The number of carbonyl (C=O) groups is 1. The van der Waals surface area contributed by atoms with Crippen molar-refractivity contribution in [3.63, 3.8) is 0 Å². The normalized spacial score (nSPS) is 14.2. The molecule has 0 spiro atoms. The first-order valence-corrected chi connectivity index (χ1v) is 6.58. The molecule has 0 aliphatic rings. The zero-order chi connectivity index (χ0) is 13.8. The van der Waals surface area contributed by atoms with Gasteiger partial charge in [0.2, 0.25) is 0 Å². The molecule has 1 unspecified atom stereocenters. The van der Waals surface area contributed by atoms with E-state index in [1.54, 1.807) is 13.8 Å². The van der Waals surface area contributed by atoms with E-state index in [0.717, 1.165) is 12.8 Å². The van der Waals surface area contributed by atoms with E-state index < -0.39 is 5.91 Å². The van der Waals surface area contributed by atoms with E-state index in [9.17, 15) is 9.28 Å². The van der Waals surface area contributed by atoms with Crippen molar-refractivity contribution in [2.24, 2.45) is 17.3 Å². The van der Waals surface area contributed by atoms with Crippen LogP contribution in [-0.2, 0) is 4.79 Å². The van der Waals surface area contributed by atoms with Gasteiger partial charge in [0.25, 0.3) is 5.91 Å². The van der Waals surface area contributed by atoms with Crippen LogP contribution in [0, 0.1) is 17.3 Å². The SMILES string of the molecule is CC(C)CCC(C)(C)C(C)C(=O)N(F)C(C)C. The maximum absolute atomic E-state index is 13.6. The minimum Gasteiger partial charge on any atom is -0.272 e. The standard InChI is InChI=1S/C14H28FNO/c1-10(2)8-9-14(6,7)12(5)13(17)16(15)11(3)4/h10-12H,8-9H2,1-7H3. The van der Waals surface area contributed by atoms with Crippen LogP contribution in [0.1, 0.15) is 61.3 Å². The highest BCUT2D eigenvalue weighted by atomic mass is 19.2. The lowest BCUT2D eigenvalue weighted by atomic mass is 9.74. The fourth-order valence-electron chi connectivity index (χ4n) is 1.65. The van der Waals surface area contributed by atoms with Gasteiger partial charge in [-0.15, -0.1) is 0 Å². The van der Waals surface area contributed by atoms with Gasteiger partial charge in [-0.3, -0.25) is 4.79 Å². The summed E-state index contributed by atoms with van der Waals surface area (Å²) in [5, 5.41) is 0.363. The predicted octanol–water partition coefficient (Wildman–Crippen LogP) is 4.21. The molecule has 17 heavy (non-hydrogen) atoms. The van der Waals surface area contributed by atoms with Crippen molar-refractivity contribution >= 4 is 5.91 Å². The summed E-state index contributed by atoms with van der Waals surface area (Å²) in [4.78, 5) is 11.9. The zero-order valence-corrected chi connectivity index (χ0v) is 12.4. The molecule has 0 heterocycles. The Kier molecular flexibility index (Phi) is 6.14. The maximum atomic E-state index is 13.6. The van der Waals surface area contributed by atoms with Gasteiger partial charge in [-0.2, -0.15) is 5.12 Å². The van der Waals surface area contributed by atoms with Gasteiger partial charge in [-0.05, 0) is 31.6 Å². The van der Waals surface area contributed by atoms with Gasteiger partial charge in [0, 0.05) is 5.92 Å². The molecule has 2 nitrogen and oxygen atoms in total. The minimum atomic E-state index is -0.395. The highest BCUT2D eigenvalue weighted by Gasteiger charge is 2.35. The zero-order valence-electron chi connectivity index (χ0n) is 12.4. The summed E-state index contributed by atoms with van der Waals surface area (Å²) in [6.45, 7) is 13.6. The first-order valence-electron chi connectivity index (χ1n) is 6.58. The molecule has 0 rings (SSSR count). The molecule has 0 aromatic carbocycles. The fraction of sp³-hybridized carbons (Fsp3) is 0.929. The van der Waals surface area contributed by atoms with Crippen LogP contribution in [0.3, 0.4) is 0 Å². The number of carbonyl (C=O) groups excluding carboxylic acids is 1. The third-order valence-electron chi connectivity index (χ3n) is 3.57. The monoisotopic (exact) mass is 245 g/mol. The second kappa shape index (κ2) is 6.36. The van der Waals surface area contributed by atoms with Crippen LogP contribution in [0.15, 0.2) is 0 Å². The van der Waals surface area contributed by atoms with Crippen LogP contribution < -0.4 is 0 Å². The minimum absolute atomic E-state index is 0.152. The molecule has 0 N–H and O–H groups in total. The summed E-state index contributed by atoms with van der Waals surface area (Å²) in [5.74, 6) is -0.0643. The molecule has 102 valence electrons. The smallest absolute Gasteiger partial charge is 0.253 e. The molecule has 0 aromatic heterocycles. The van der Waals surface area contributed by atoms with Crippen molar-refractivity contribution in [2.75, 3.05) is 0 Å².